The Bertz CT molecular complexity index is 521. The van der Waals surface area contributed by atoms with Crippen LogP contribution in [0.1, 0.15) is 18.9 Å². The fraction of sp³-hybridized carbons (Fsp3) is 0.357. The molecule has 0 saturated carbocycles. The molecule has 5 nitrogen and oxygen atoms in total. The SMILES string of the molecule is CC(CCc1ccccc1)NC(=O)CSc1cn[nH]n1.Cl. The molecule has 7 heteroatoms. The van der Waals surface area contributed by atoms with Crippen LogP contribution in [0.15, 0.2) is 41.6 Å². The first-order valence-corrected chi connectivity index (χ1v) is 7.54. The summed E-state index contributed by atoms with van der Waals surface area (Å²) in [6, 6.07) is 10.5. The Balaban J connectivity index is 0.00000220. The average Bonchev–Trinajstić information content (AvgIpc) is 2.97. The van der Waals surface area contributed by atoms with Crippen LogP contribution in [0.25, 0.3) is 0 Å². The molecule has 0 saturated heterocycles. The normalized spacial score (nSPS) is 11.5. The van der Waals surface area contributed by atoms with Crippen LogP contribution < -0.4 is 5.32 Å². The van der Waals surface area contributed by atoms with Gasteiger partial charge in [0.25, 0.3) is 0 Å². The summed E-state index contributed by atoms with van der Waals surface area (Å²) in [7, 11) is 0. The van der Waals surface area contributed by atoms with Crippen LogP contribution in [0.5, 0.6) is 0 Å². The summed E-state index contributed by atoms with van der Waals surface area (Å²) in [4.78, 5) is 11.8. The Morgan fingerprint density at radius 3 is 2.81 bits per heavy atom. The Hall–Kier alpha value is -1.53. The van der Waals surface area contributed by atoms with Crippen molar-refractivity contribution in [2.45, 2.75) is 30.8 Å². The molecule has 0 bridgehead atoms. The minimum atomic E-state index is 0. The van der Waals surface area contributed by atoms with E-state index in [-0.39, 0.29) is 24.4 Å². The fourth-order valence-corrected chi connectivity index (χ4v) is 2.41. The number of nitrogens with zero attached hydrogens (tertiary/aromatic N) is 2. The molecule has 1 amide bonds. The minimum Gasteiger partial charge on any atom is -0.353 e. The van der Waals surface area contributed by atoms with Gasteiger partial charge in [-0.2, -0.15) is 10.3 Å². The van der Waals surface area contributed by atoms with Gasteiger partial charge < -0.3 is 5.32 Å². The van der Waals surface area contributed by atoms with Gasteiger partial charge in [-0.3, -0.25) is 4.79 Å². The molecule has 2 rings (SSSR count). The number of carbonyl (C=O) groups excluding carboxylic acids is 1. The third-order valence-corrected chi connectivity index (χ3v) is 3.76. The number of hydrogen-bond acceptors (Lipinski definition) is 4. The standard InChI is InChI=1S/C14H18N4OS.ClH/c1-11(7-8-12-5-3-2-4-6-12)16-13(19)10-20-14-9-15-18-17-14;/h2-6,9,11H,7-8,10H2,1H3,(H,16,19)(H,15,17,18);1H. The van der Waals surface area contributed by atoms with Crippen molar-refractivity contribution in [3.05, 3.63) is 42.1 Å². The number of thioether (sulfide) groups is 1. The zero-order chi connectivity index (χ0) is 14.2. The minimum absolute atomic E-state index is 0. The molecule has 0 fully saturated rings. The van der Waals surface area contributed by atoms with Gasteiger partial charge in [-0.25, -0.2) is 0 Å². The van der Waals surface area contributed by atoms with E-state index >= 15 is 0 Å². The largest absolute Gasteiger partial charge is 0.353 e. The number of aromatic amines is 1. The lowest BCUT2D eigenvalue weighted by Crippen LogP contribution is -2.34. The highest BCUT2D eigenvalue weighted by atomic mass is 35.5. The van der Waals surface area contributed by atoms with Gasteiger partial charge >= 0.3 is 0 Å². The highest BCUT2D eigenvalue weighted by Gasteiger charge is 2.09. The second kappa shape index (κ2) is 9.41. The third kappa shape index (κ3) is 6.64. The number of nitrogens with one attached hydrogen (secondary N) is 2. The van der Waals surface area contributed by atoms with Crippen molar-refractivity contribution in [2.75, 3.05) is 5.75 Å². The molecule has 1 unspecified atom stereocenters. The molecule has 2 aromatic rings. The van der Waals surface area contributed by atoms with Gasteiger partial charge in [0.2, 0.25) is 5.91 Å². The van der Waals surface area contributed by atoms with E-state index in [2.05, 4.69) is 32.9 Å². The summed E-state index contributed by atoms with van der Waals surface area (Å²) < 4.78 is 0. The van der Waals surface area contributed by atoms with Crippen LogP contribution in [0.2, 0.25) is 0 Å². The van der Waals surface area contributed by atoms with Crippen LogP contribution in [0.4, 0.5) is 0 Å². The fourth-order valence-electron chi connectivity index (χ4n) is 1.82. The van der Waals surface area contributed by atoms with Gasteiger partial charge in [0.05, 0.1) is 11.9 Å². The van der Waals surface area contributed by atoms with Gasteiger partial charge in [0.1, 0.15) is 5.03 Å². The summed E-state index contributed by atoms with van der Waals surface area (Å²) in [6.07, 6.45) is 3.51. The number of benzene rings is 1. The van der Waals surface area contributed by atoms with Crippen LogP contribution in [0.3, 0.4) is 0 Å². The van der Waals surface area contributed by atoms with E-state index in [4.69, 9.17) is 0 Å². The summed E-state index contributed by atoms with van der Waals surface area (Å²) in [5, 5.41) is 13.8. The first-order valence-electron chi connectivity index (χ1n) is 6.56. The molecular weight excluding hydrogens is 308 g/mol. The van der Waals surface area contributed by atoms with Crippen molar-refractivity contribution in [1.82, 2.24) is 20.7 Å². The van der Waals surface area contributed by atoms with E-state index in [0.29, 0.717) is 5.75 Å². The van der Waals surface area contributed by atoms with Crippen LogP contribution in [-0.2, 0) is 11.2 Å². The maximum Gasteiger partial charge on any atom is 0.230 e. The van der Waals surface area contributed by atoms with Gasteiger partial charge in [-0.1, -0.05) is 42.1 Å². The van der Waals surface area contributed by atoms with E-state index in [1.165, 1.54) is 17.3 Å². The summed E-state index contributed by atoms with van der Waals surface area (Å²) in [5.41, 5.74) is 1.30. The molecule has 1 atom stereocenters. The van der Waals surface area contributed by atoms with E-state index < -0.39 is 0 Å². The molecule has 1 aromatic carbocycles. The van der Waals surface area contributed by atoms with Crippen LogP contribution in [0, 0.1) is 0 Å². The number of amides is 1. The summed E-state index contributed by atoms with van der Waals surface area (Å²) >= 11 is 1.37. The molecule has 0 radical (unpaired) electrons. The molecule has 2 N–H and O–H groups in total. The predicted molar refractivity (Wildman–Crippen MR) is 86.7 cm³/mol. The van der Waals surface area contributed by atoms with Crippen molar-refractivity contribution in [3.8, 4) is 0 Å². The molecule has 0 aliphatic heterocycles. The van der Waals surface area contributed by atoms with Crippen molar-refractivity contribution >= 4 is 30.1 Å². The second-order valence-corrected chi connectivity index (χ2v) is 5.59. The second-order valence-electron chi connectivity index (χ2n) is 4.59. The quantitative estimate of drug-likeness (QED) is 0.767. The van der Waals surface area contributed by atoms with E-state index in [0.717, 1.165) is 17.9 Å². The number of rotatable bonds is 7. The Labute approximate surface area is 134 Å². The monoisotopic (exact) mass is 326 g/mol. The van der Waals surface area contributed by atoms with Crippen molar-refractivity contribution < 1.29 is 4.79 Å². The Morgan fingerprint density at radius 1 is 1.38 bits per heavy atom. The Morgan fingerprint density at radius 2 is 2.14 bits per heavy atom. The molecule has 0 aliphatic carbocycles. The molecule has 21 heavy (non-hydrogen) atoms. The lowest BCUT2D eigenvalue weighted by Gasteiger charge is -2.13. The number of carbonyl (C=O) groups is 1. The first kappa shape index (κ1) is 17.5. The highest BCUT2D eigenvalue weighted by Crippen LogP contribution is 2.12. The number of H-pyrrole nitrogens is 1. The maximum absolute atomic E-state index is 11.8. The van der Waals surface area contributed by atoms with Crippen molar-refractivity contribution in [3.63, 3.8) is 0 Å². The molecule has 1 heterocycles. The predicted octanol–water partition coefficient (Wildman–Crippen LogP) is 2.46. The summed E-state index contributed by atoms with van der Waals surface area (Å²) in [5.74, 6) is 0.390. The van der Waals surface area contributed by atoms with Gasteiger partial charge in [0.15, 0.2) is 0 Å². The zero-order valence-electron chi connectivity index (χ0n) is 11.8. The average molecular weight is 327 g/mol. The topological polar surface area (TPSA) is 70.7 Å². The molecule has 0 spiro atoms. The van der Waals surface area contributed by atoms with Gasteiger partial charge in [-0.15, -0.1) is 17.5 Å². The molecule has 1 aromatic heterocycles. The number of hydrogen-bond donors (Lipinski definition) is 2. The van der Waals surface area contributed by atoms with Gasteiger partial charge in [-0.05, 0) is 25.3 Å². The summed E-state index contributed by atoms with van der Waals surface area (Å²) in [6.45, 7) is 2.03. The lowest BCUT2D eigenvalue weighted by atomic mass is 10.1. The van der Waals surface area contributed by atoms with Crippen molar-refractivity contribution in [1.29, 1.82) is 0 Å². The Kier molecular flexibility index (Phi) is 7.85. The zero-order valence-corrected chi connectivity index (χ0v) is 13.4. The van der Waals surface area contributed by atoms with E-state index in [1.807, 2.05) is 25.1 Å². The molecular formula is C14H19ClN4OS. The number of halogens is 1. The maximum atomic E-state index is 11.8. The highest BCUT2D eigenvalue weighted by molar-refractivity contribution is 7.99. The molecule has 114 valence electrons. The molecule has 0 aliphatic rings. The van der Waals surface area contributed by atoms with Crippen LogP contribution in [-0.4, -0.2) is 33.1 Å². The number of aromatic nitrogens is 3. The van der Waals surface area contributed by atoms with E-state index in [1.54, 1.807) is 6.20 Å². The van der Waals surface area contributed by atoms with E-state index in [9.17, 15) is 4.79 Å². The first-order chi connectivity index (χ1) is 9.74. The number of aryl methyl sites for hydroxylation is 1. The van der Waals surface area contributed by atoms with Gasteiger partial charge in [0, 0.05) is 6.04 Å². The van der Waals surface area contributed by atoms with Crippen LogP contribution >= 0.6 is 24.2 Å². The lowest BCUT2D eigenvalue weighted by molar-refractivity contribution is -0.119. The smallest absolute Gasteiger partial charge is 0.230 e. The third-order valence-electron chi connectivity index (χ3n) is 2.86. The van der Waals surface area contributed by atoms with Crippen molar-refractivity contribution in [2.24, 2.45) is 0 Å².